The molecule has 1 aromatic heterocycles. The van der Waals surface area contributed by atoms with Crippen molar-refractivity contribution in [2.75, 3.05) is 11.9 Å². The van der Waals surface area contributed by atoms with Gasteiger partial charge in [0.1, 0.15) is 12.4 Å². The highest BCUT2D eigenvalue weighted by Crippen LogP contribution is 2.37. The van der Waals surface area contributed by atoms with Crippen molar-refractivity contribution in [3.63, 3.8) is 0 Å². The lowest BCUT2D eigenvalue weighted by Gasteiger charge is -2.24. The molecule has 1 N–H and O–H groups in total. The van der Waals surface area contributed by atoms with E-state index >= 15 is 0 Å². The third-order valence-corrected chi connectivity index (χ3v) is 5.02. The van der Waals surface area contributed by atoms with Crippen molar-refractivity contribution in [2.24, 2.45) is 5.92 Å². The zero-order chi connectivity index (χ0) is 18.2. The van der Waals surface area contributed by atoms with Crippen LogP contribution in [-0.2, 0) is 11.2 Å². The third-order valence-electron chi connectivity index (χ3n) is 5.02. The number of hydrogen-bond donors (Lipinski definition) is 1. The summed E-state index contributed by atoms with van der Waals surface area (Å²) in [5, 5.41) is 15.1. The Bertz CT molecular complexity index is 995. The molecule has 0 bridgehead atoms. The number of benzene rings is 2. The monoisotopic (exact) mass is 361 g/mol. The molecule has 0 unspecified atom stereocenters. The summed E-state index contributed by atoms with van der Waals surface area (Å²) in [7, 11) is 0. The highest BCUT2D eigenvalue weighted by molar-refractivity contribution is 5.93. The van der Waals surface area contributed by atoms with Crippen molar-refractivity contribution < 1.29 is 9.53 Å². The molecule has 2 heterocycles. The second-order valence-electron chi connectivity index (χ2n) is 7.07. The molecule has 3 aromatic rings. The van der Waals surface area contributed by atoms with Gasteiger partial charge in [0.15, 0.2) is 5.82 Å². The molecule has 1 saturated carbocycles. The highest BCUT2D eigenvalue weighted by atomic mass is 16.5. The number of ether oxygens (including phenoxy) is 1. The van der Waals surface area contributed by atoms with Crippen LogP contribution in [0, 0.1) is 5.92 Å². The number of amides is 1. The summed E-state index contributed by atoms with van der Waals surface area (Å²) in [6.45, 7) is 0.391. The van der Waals surface area contributed by atoms with Gasteiger partial charge in [-0.2, -0.15) is 0 Å². The Morgan fingerprint density at radius 3 is 2.93 bits per heavy atom. The second-order valence-corrected chi connectivity index (χ2v) is 7.07. The maximum atomic E-state index is 12.7. The number of hydrogen-bond acceptors (Lipinski definition) is 5. The molecule has 136 valence electrons. The van der Waals surface area contributed by atoms with E-state index in [0.29, 0.717) is 19.1 Å². The van der Waals surface area contributed by atoms with Crippen LogP contribution in [0.4, 0.5) is 5.69 Å². The zero-order valence-electron chi connectivity index (χ0n) is 14.7. The smallest absolute Gasteiger partial charge is 0.231 e. The van der Waals surface area contributed by atoms with E-state index in [4.69, 9.17) is 4.74 Å². The number of carbonyl (C=O) groups is 1. The summed E-state index contributed by atoms with van der Waals surface area (Å²) in [6, 6.07) is 15.9. The van der Waals surface area contributed by atoms with E-state index in [0.717, 1.165) is 41.2 Å². The third kappa shape index (κ3) is 3.16. The zero-order valence-corrected chi connectivity index (χ0v) is 14.7. The van der Waals surface area contributed by atoms with Gasteiger partial charge >= 0.3 is 0 Å². The first-order chi connectivity index (χ1) is 13.3. The van der Waals surface area contributed by atoms with Crippen LogP contribution in [0.5, 0.6) is 5.75 Å². The van der Waals surface area contributed by atoms with Crippen LogP contribution in [0.1, 0.15) is 24.4 Å². The van der Waals surface area contributed by atoms with Crippen molar-refractivity contribution in [3.8, 4) is 17.1 Å². The van der Waals surface area contributed by atoms with Crippen LogP contribution in [-0.4, -0.2) is 32.7 Å². The standard InChI is InChI=1S/C20H19N5O2/c26-20(15-10-13-4-1-2-7-18(13)27-12-15)21-16-6-3-5-14(11-16)19-22-23-24-25(19)17-8-9-17/h1-7,11,15,17H,8-10,12H2,(H,21,26)/t15-/m0/s1. The van der Waals surface area contributed by atoms with E-state index in [-0.39, 0.29) is 11.8 Å². The molecule has 7 nitrogen and oxygen atoms in total. The number of tetrazole rings is 1. The summed E-state index contributed by atoms with van der Waals surface area (Å²) in [6.07, 6.45) is 2.90. The molecule has 2 aliphatic rings. The highest BCUT2D eigenvalue weighted by Gasteiger charge is 2.29. The van der Waals surface area contributed by atoms with E-state index in [1.54, 1.807) is 0 Å². The van der Waals surface area contributed by atoms with E-state index in [9.17, 15) is 4.79 Å². The molecule has 7 heteroatoms. The number of carbonyl (C=O) groups excluding carboxylic acids is 1. The summed E-state index contributed by atoms with van der Waals surface area (Å²) >= 11 is 0. The number of rotatable bonds is 4. The topological polar surface area (TPSA) is 81.9 Å². The predicted molar refractivity (Wildman–Crippen MR) is 99.3 cm³/mol. The molecular weight excluding hydrogens is 342 g/mol. The van der Waals surface area contributed by atoms with E-state index < -0.39 is 0 Å². The molecule has 0 saturated heterocycles. The summed E-state index contributed by atoms with van der Waals surface area (Å²) < 4.78 is 7.60. The fourth-order valence-electron chi connectivity index (χ4n) is 3.43. The number of nitrogens with one attached hydrogen (secondary N) is 1. The van der Waals surface area contributed by atoms with E-state index in [1.807, 2.05) is 53.2 Å². The maximum Gasteiger partial charge on any atom is 0.231 e. The van der Waals surface area contributed by atoms with Crippen molar-refractivity contribution in [3.05, 3.63) is 54.1 Å². The lowest BCUT2D eigenvalue weighted by molar-refractivity contribution is -0.121. The Balaban J connectivity index is 1.33. The Morgan fingerprint density at radius 2 is 2.04 bits per heavy atom. The van der Waals surface area contributed by atoms with E-state index in [1.165, 1.54) is 0 Å². The minimum absolute atomic E-state index is 0.0385. The van der Waals surface area contributed by atoms with Crippen LogP contribution in [0.2, 0.25) is 0 Å². The van der Waals surface area contributed by atoms with Gasteiger partial charge in [0.05, 0.1) is 12.0 Å². The first-order valence-electron chi connectivity index (χ1n) is 9.18. The molecular formula is C20H19N5O2. The normalized spacial score (nSPS) is 18.4. The molecule has 27 heavy (non-hydrogen) atoms. The minimum Gasteiger partial charge on any atom is -0.492 e. The van der Waals surface area contributed by atoms with Gasteiger partial charge in [-0.1, -0.05) is 30.3 Å². The largest absolute Gasteiger partial charge is 0.492 e. The minimum atomic E-state index is -0.208. The summed E-state index contributed by atoms with van der Waals surface area (Å²) in [5.74, 6) is 1.36. The van der Waals surface area contributed by atoms with Gasteiger partial charge in [0, 0.05) is 11.3 Å². The Morgan fingerprint density at radius 1 is 1.15 bits per heavy atom. The first kappa shape index (κ1) is 16.0. The van der Waals surface area contributed by atoms with Crippen LogP contribution >= 0.6 is 0 Å². The molecule has 1 aliphatic carbocycles. The van der Waals surface area contributed by atoms with Gasteiger partial charge in [0.25, 0.3) is 0 Å². The van der Waals surface area contributed by atoms with Gasteiger partial charge in [-0.05, 0) is 53.5 Å². The number of fused-ring (bicyclic) bond motifs is 1. The summed E-state index contributed by atoms with van der Waals surface area (Å²) in [5.41, 5.74) is 2.71. The Labute approximate surface area is 156 Å². The van der Waals surface area contributed by atoms with Gasteiger partial charge in [0.2, 0.25) is 5.91 Å². The van der Waals surface area contributed by atoms with Crippen molar-refractivity contribution >= 4 is 11.6 Å². The van der Waals surface area contributed by atoms with Crippen molar-refractivity contribution in [1.29, 1.82) is 0 Å². The molecule has 1 atom stereocenters. The maximum absolute atomic E-state index is 12.7. The molecule has 1 amide bonds. The fraction of sp³-hybridized carbons (Fsp3) is 0.300. The van der Waals surface area contributed by atoms with Crippen LogP contribution < -0.4 is 10.1 Å². The lowest BCUT2D eigenvalue weighted by atomic mass is 9.96. The SMILES string of the molecule is O=C(Nc1cccc(-c2nnnn2C2CC2)c1)[C@@H]1COc2ccccc2C1. The number of nitrogens with zero attached hydrogens (tertiary/aromatic N) is 4. The number of para-hydroxylation sites is 1. The quantitative estimate of drug-likeness (QED) is 0.773. The van der Waals surface area contributed by atoms with Crippen LogP contribution in [0.25, 0.3) is 11.4 Å². The van der Waals surface area contributed by atoms with Crippen LogP contribution in [0.3, 0.4) is 0 Å². The van der Waals surface area contributed by atoms with Gasteiger partial charge in [-0.3, -0.25) is 4.79 Å². The Hall–Kier alpha value is -3.22. The van der Waals surface area contributed by atoms with Gasteiger partial charge < -0.3 is 10.1 Å². The molecule has 0 radical (unpaired) electrons. The molecule has 2 aromatic carbocycles. The fourth-order valence-corrected chi connectivity index (χ4v) is 3.43. The van der Waals surface area contributed by atoms with Crippen molar-refractivity contribution in [1.82, 2.24) is 20.2 Å². The second kappa shape index (κ2) is 6.50. The molecule has 5 rings (SSSR count). The lowest BCUT2D eigenvalue weighted by Crippen LogP contribution is -2.32. The number of anilines is 1. The average molecular weight is 361 g/mol. The van der Waals surface area contributed by atoms with Gasteiger partial charge in [-0.25, -0.2) is 4.68 Å². The molecule has 1 fully saturated rings. The molecule has 0 spiro atoms. The summed E-state index contributed by atoms with van der Waals surface area (Å²) in [4.78, 5) is 12.7. The first-order valence-corrected chi connectivity index (χ1v) is 9.18. The predicted octanol–water partition coefficient (Wildman–Crippen LogP) is 2.86. The number of aromatic nitrogens is 4. The average Bonchev–Trinajstić information content (AvgIpc) is 3.44. The van der Waals surface area contributed by atoms with Crippen LogP contribution in [0.15, 0.2) is 48.5 Å². The molecule has 1 aliphatic heterocycles. The van der Waals surface area contributed by atoms with Crippen molar-refractivity contribution in [2.45, 2.75) is 25.3 Å². The Kier molecular flexibility index (Phi) is 3.85. The van der Waals surface area contributed by atoms with Gasteiger partial charge in [-0.15, -0.1) is 5.10 Å². The van der Waals surface area contributed by atoms with E-state index in [2.05, 4.69) is 20.8 Å².